The smallest absolute Gasteiger partial charge is 0.159 e. The second kappa shape index (κ2) is 4.61. The van der Waals surface area contributed by atoms with Gasteiger partial charge in [0.05, 0.1) is 7.11 Å². The van der Waals surface area contributed by atoms with Crippen LogP contribution in [-0.4, -0.2) is 12.9 Å². The monoisotopic (exact) mass is 190 g/mol. The summed E-state index contributed by atoms with van der Waals surface area (Å²) in [4.78, 5) is 11.1. The van der Waals surface area contributed by atoms with E-state index in [0.717, 1.165) is 16.9 Å². The van der Waals surface area contributed by atoms with Gasteiger partial charge in [-0.05, 0) is 30.2 Å². The quantitative estimate of drug-likeness (QED) is 0.681. The Labute approximate surface area is 84.2 Å². The average molecular weight is 190 g/mol. The van der Waals surface area contributed by atoms with Crippen LogP contribution in [0.25, 0.3) is 0 Å². The summed E-state index contributed by atoms with van der Waals surface area (Å²) < 4.78 is 5.13. The maximum atomic E-state index is 11.1. The fourth-order valence-electron chi connectivity index (χ4n) is 1.32. The van der Waals surface area contributed by atoms with Crippen molar-refractivity contribution in [3.8, 4) is 5.75 Å². The molecule has 0 bridgehead atoms. The zero-order valence-corrected chi connectivity index (χ0v) is 8.54. The lowest BCUT2D eigenvalue weighted by atomic mass is 10.1. The van der Waals surface area contributed by atoms with Crippen molar-refractivity contribution in [3.05, 3.63) is 42.0 Å². The summed E-state index contributed by atoms with van der Waals surface area (Å²) in [6, 6.07) is 5.73. The number of ketones is 1. The summed E-state index contributed by atoms with van der Waals surface area (Å²) in [6.07, 6.45) is 1.76. The molecular formula is C12H14O2. The van der Waals surface area contributed by atoms with Crippen molar-refractivity contribution in [2.75, 3.05) is 7.11 Å². The zero-order valence-electron chi connectivity index (χ0n) is 8.54. The highest BCUT2D eigenvalue weighted by Gasteiger charge is 2.02. The van der Waals surface area contributed by atoms with Crippen LogP contribution in [0.3, 0.4) is 0 Å². The van der Waals surface area contributed by atoms with Crippen LogP contribution < -0.4 is 4.74 Å². The molecule has 0 heterocycles. The molecule has 1 rings (SSSR count). The van der Waals surface area contributed by atoms with Crippen molar-refractivity contribution in [1.29, 1.82) is 0 Å². The van der Waals surface area contributed by atoms with Crippen molar-refractivity contribution >= 4 is 5.78 Å². The number of methoxy groups -OCH3 is 1. The van der Waals surface area contributed by atoms with E-state index >= 15 is 0 Å². The number of hydrogen-bond acceptors (Lipinski definition) is 2. The Morgan fingerprint density at radius 2 is 2.29 bits per heavy atom. The number of carbonyl (C=O) groups is 1. The van der Waals surface area contributed by atoms with E-state index in [0.29, 0.717) is 6.42 Å². The van der Waals surface area contributed by atoms with E-state index in [4.69, 9.17) is 4.74 Å². The number of ether oxygens (including phenoxy) is 1. The molecule has 14 heavy (non-hydrogen) atoms. The number of benzene rings is 1. The third kappa shape index (κ3) is 2.46. The van der Waals surface area contributed by atoms with Crippen LogP contribution in [0.4, 0.5) is 0 Å². The summed E-state index contributed by atoms with van der Waals surface area (Å²) in [5, 5.41) is 0. The van der Waals surface area contributed by atoms with Crippen molar-refractivity contribution < 1.29 is 9.53 Å². The van der Waals surface area contributed by atoms with Crippen LogP contribution >= 0.6 is 0 Å². The van der Waals surface area contributed by atoms with Gasteiger partial charge in [-0.15, -0.1) is 0 Å². The molecule has 0 saturated carbocycles. The van der Waals surface area contributed by atoms with Crippen LogP contribution in [0, 0.1) is 6.92 Å². The summed E-state index contributed by atoms with van der Waals surface area (Å²) >= 11 is 0. The lowest BCUT2D eigenvalue weighted by Crippen LogP contribution is -1.98. The molecule has 0 aliphatic heterocycles. The van der Waals surface area contributed by atoms with Gasteiger partial charge in [-0.3, -0.25) is 4.79 Å². The van der Waals surface area contributed by atoms with Crippen LogP contribution in [0.5, 0.6) is 5.75 Å². The topological polar surface area (TPSA) is 26.3 Å². The summed E-state index contributed by atoms with van der Waals surface area (Å²) in [6.45, 7) is 5.40. The Balaban J connectivity index is 2.86. The predicted molar refractivity (Wildman–Crippen MR) is 56.6 cm³/mol. The lowest BCUT2D eigenvalue weighted by Gasteiger charge is -2.05. The molecule has 0 aliphatic carbocycles. The first-order valence-electron chi connectivity index (χ1n) is 4.46. The van der Waals surface area contributed by atoms with Crippen molar-refractivity contribution in [2.45, 2.75) is 13.3 Å². The van der Waals surface area contributed by atoms with Gasteiger partial charge in [-0.1, -0.05) is 18.7 Å². The molecule has 0 aromatic heterocycles. The highest BCUT2D eigenvalue weighted by atomic mass is 16.5. The summed E-state index contributed by atoms with van der Waals surface area (Å²) in [5.41, 5.74) is 2.04. The first-order chi connectivity index (χ1) is 6.67. The molecule has 0 amide bonds. The normalized spacial score (nSPS) is 9.57. The Kier molecular flexibility index (Phi) is 3.46. The molecule has 0 unspecified atom stereocenters. The van der Waals surface area contributed by atoms with E-state index < -0.39 is 0 Å². The van der Waals surface area contributed by atoms with Gasteiger partial charge in [0.15, 0.2) is 5.78 Å². The molecule has 1 aromatic rings. The molecule has 0 N–H and O–H groups in total. The molecule has 0 fully saturated rings. The molecule has 0 atom stereocenters. The Morgan fingerprint density at radius 1 is 1.57 bits per heavy atom. The highest BCUT2D eigenvalue weighted by Crippen LogP contribution is 2.18. The predicted octanol–water partition coefficient (Wildman–Crippen LogP) is 2.30. The number of aryl methyl sites for hydroxylation is 1. The molecule has 0 saturated heterocycles. The summed E-state index contributed by atoms with van der Waals surface area (Å²) in [7, 11) is 1.64. The largest absolute Gasteiger partial charge is 0.496 e. The van der Waals surface area contributed by atoms with E-state index in [2.05, 4.69) is 6.58 Å². The van der Waals surface area contributed by atoms with Crippen LogP contribution in [0.1, 0.15) is 11.1 Å². The van der Waals surface area contributed by atoms with Gasteiger partial charge in [-0.2, -0.15) is 0 Å². The highest BCUT2D eigenvalue weighted by molar-refractivity contribution is 5.90. The molecule has 2 nitrogen and oxygen atoms in total. The number of carbonyl (C=O) groups excluding carboxylic acids is 1. The van der Waals surface area contributed by atoms with E-state index in [1.165, 1.54) is 6.08 Å². The fraction of sp³-hybridized carbons (Fsp3) is 0.250. The Bertz CT molecular complexity index is 353. The SMILES string of the molecule is C=CC(=O)Cc1ccc(OC)c(C)c1. The van der Waals surface area contributed by atoms with Gasteiger partial charge < -0.3 is 4.74 Å². The van der Waals surface area contributed by atoms with Crippen LogP contribution in [-0.2, 0) is 11.2 Å². The Morgan fingerprint density at radius 3 is 2.79 bits per heavy atom. The van der Waals surface area contributed by atoms with E-state index in [1.807, 2.05) is 25.1 Å². The number of rotatable bonds is 4. The van der Waals surface area contributed by atoms with Gasteiger partial charge >= 0.3 is 0 Å². The van der Waals surface area contributed by atoms with Crippen LogP contribution in [0.2, 0.25) is 0 Å². The fourth-order valence-corrected chi connectivity index (χ4v) is 1.32. The maximum absolute atomic E-state index is 11.1. The molecule has 74 valence electrons. The van der Waals surface area contributed by atoms with Crippen molar-refractivity contribution in [1.82, 2.24) is 0 Å². The minimum atomic E-state index is 0.0366. The zero-order chi connectivity index (χ0) is 10.6. The van der Waals surface area contributed by atoms with Gasteiger partial charge in [0, 0.05) is 6.42 Å². The van der Waals surface area contributed by atoms with Gasteiger partial charge in [-0.25, -0.2) is 0 Å². The van der Waals surface area contributed by atoms with Crippen molar-refractivity contribution in [3.63, 3.8) is 0 Å². The Hall–Kier alpha value is -1.57. The molecular weight excluding hydrogens is 176 g/mol. The minimum Gasteiger partial charge on any atom is -0.496 e. The van der Waals surface area contributed by atoms with Crippen molar-refractivity contribution in [2.24, 2.45) is 0 Å². The molecule has 0 aliphatic rings. The third-order valence-corrected chi connectivity index (χ3v) is 2.07. The molecule has 1 aromatic carbocycles. The van der Waals surface area contributed by atoms with Gasteiger partial charge in [0.25, 0.3) is 0 Å². The maximum Gasteiger partial charge on any atom is 0.159 e. The standard InChI is InChI=1S/C12H14O2/c1-4-11(13)8-10-5-6-12(14-3)9(2)7-10/h4-7H,1,8H2,2-3H3. The lowest BCUT2D eigenvalue weighted by molar-refractivity contribution is -0.114. The molecule has 0 spiro atoms. The molecule has 2 heteroatoms. The second-order valence-electron chi connectivity index (χ2n) is 3.15. The van der Waals surface area contributed by atoms with Gasteiger partial charge in [0.1, 0.15) is 5.75 Å². The average Bonchev–Trinajstić information content (AvgIpc) is 2.18. The van der Waals surface area contributed by atoms with E-state index in [1.54, 1.807) is 7.11 Å². The van der Waals surface area contributed by atoms with Gasteiger partial charge in [0.2, 0.25) is 0 Å². The summed E-state index contributed by atoms with van der Waals surface area (Å²) in [5.74, 6) is 0.884. The first-order valence-corrected chi connectivity index (χ1v) is 4.46. The first kappa shape index (κ1) is 10.5. The number of hydrogen-bond donors (Lipinski definition) is 0. The molecule has 0 radical (unpaired) electrons. The number of allylic oxidation sites excluding steroid dienone is 1. The third-order valence-electron chi connectivity index (χ3n) is 2.07. The van der Waals surface area contributed by atoms with E-state index in [-0.39, 0.29) is 5.78 Å². The van der Waals surface area contributed by atoms with E-state index in [9.17, 15) is 4.79 Å². The second-order valence-corrected chi connectivity index (χ2v) is 3.15. The van der Waals surface area contributed by atoms with Crippen LogP contribution in [0.15, 0.2) is 30.9 Å². The minimum absolute atomic E-state index is 0.0366.